The Labute approximate surface area is 82.5 Å². The van der Waals surface area contributed by atoms with Gasteiger partial charge in [0.05, 0.1) is 12.6 Å². The molecule has 14 heavy (non-hydrogen) atoms. The maximum Gasteiger partial charge on any atom is 0.296 e. The van der Waals surface area contributed by atoms with Gasteiger partial charge in [-0.1, -0.05) is 6.07 Å². The Morgan fingerprint density at radius 1 is 1.64 bits per heavy atom. The summed E-state index contributed by atoms with van der Waals surface area (Å²) in [7, 11) is 0. The van der Waals surface area contributed by atoms with Crippen LogP contribution in [0, 0.1) is 0 Å². The smallest absolute Gasteiger partial charge is 0.270 e. The third-order valence-electron chi connectivity index (χ3n) is 2.25. The third kappa shape index (κ3) is 1.61. The molecule has 0 saturated carbocycles. The number of amides is 1. The van der Waals surface area contributed by atoms with Gasteiger partial charge in [0.15, 0.2) is 0 Å². The second kappa shape index (κ2) is 3.75. The highest BCUT2D eigenvalue weighted by Crippen LogP contribution is 2.16. The minimum atomic E-state index is -0.157. The Morgan fingerprint density at radius 3 is 3.07 bits per heavy atom. The average molecular weight is 192 g/mol. The predicted molar refractivity (Wildman–Crippen MR) is 50.4 cm³/mol. The van der Waals surface area contributed by atoms with E-state index in [4.69, 9.17) is 4.84 Å². The summed E-state index contributed by atoms with van der Waals surface area (Å²) in [6.07, 6.45) is 2.49. The molecule has 1 aliphatic rings. The minimum Gasteiger partial charge on any atom is -0.270 e. The molecule has 0 radical (unpaired) electrons. The lowest BCUT2D eigenvalue weighted by Crippen LogP contribution is -2.33. The molecule has 74 valence electrons. The standard InChI is InChI=1S/C10H12N2O2/c1-8-5-7-14-12(8)10(13)9-4-2-3-6-11-9/h2-4,6,8H,5,7H2,1H3. The fourth-order valence-corrected chi connectivity index (χ4v) is 1.43. The first-order chi connectivity index (χ1) is 6.79. The van der Waals surface area contributed by atoms with Gasteiger partial charge in [-0.2, -0.15) is 0 Å². The van der Waals surface area contributed by atoms with Crippen molar-refractivity contribution in [3.8, 4) is 0 Å². The predicted octanol–water partition coefficient (Wildman–Crippen LogP) is 1.25. The quantitative estimate of drug-likeness (QED) is 0.672. The first-order valence-corrected chi connectivity index (χ1v) is 4.66. The molecule has 4 nitrogen and oxygen atoms in total. The molecule has 1 amide bonds. The van der Waals surface area contributed by atoms with Crippen molar-refractivity contribution in [2.24, 2.45) is 0 Å². The van der Waals surface area contributed by atoms with Gasteiger partial charge in [0.1, 0.15) is 5.69 Å². The van der Waals surface area contributed by atoms with Crippen LogP contribution in [0.25, 0.3) is 0 Å². The SMILES string of the molecule is CC1CCON1C(=O)c1ccccn1. The highest BCUT2D eigenvalue weighted by molar-refractivity contribution is 5.91. The van der Waals surface area contributed by atoms with Crippen molar-refractivity contribution in [1.29, 1.82) is 0 Å². The number of rotatable bonds is 1. The summed E-state index contributed by atoms with van der Waals surface area (Å²) in [4.78, 5) is 21.0. The van der Waals surface area contributed by atoms with Gasteiger partial charge in [0, 0.05) is 6.20 Å². The molecule has 1 aromatic heterocycles. The lowest BCUT2D eigenvalue weighted by atomic mass is 10.2. The molecule has 0 N–H and O–H groups in total. The molecule has 0 aromatic carbocycles. The van der Waals surface area contributed by atoms with Gasteiger partial charge in [0.2, 0.25) is 0 Å². The number of carbonyl (C=O) groups excluding carboxylic acids is 1. The molecule has 2 heterocycles. The Morgan fingerprint density at radius 2 is 2.50 bits per heavy atom. The summed E-state index contributed by atoms with van der Waals surface area (Å²) in [5.74, 6) is -0.157. The lowest BCUT2D eigenvalue weighted by Gasteiger charge is -2.18. The van der Waals surface area contributed by atoms with Crippen LogP contribution in [0.2, 0.25) is 0 Å². The first kappa shape index (κ1) is 9.15. The second-order valence-corrected chi connectivity index (χ2v) is 3.32. The maximum absolute atomic E-state index is 11.8. The van der Waals surface area contributed by atoms with Crippen LogP contribution in [0.15, 0.2) is 24.4 Å². The van der Waals surface area contributed by atoms with Gasteiger partial charge < -0.3 is 0 Å². The third-order valence-corrected chi connectivity index (χ3v) is 2.25. The van der Waals surface area contributed by atoms with Gasteiger partial charge in [-0.3, -0.25) is 14.6 Å². The van der Waals surface area contributed by atoms with E-state index in [0.717, 1.165) is 6.42 Å². The van der Waals surface area contributed by atoms with Crippen molar-refractivity contribution in [3.63, 3.8) is 0 Å². The second-order valence-electron chi connectivity index (χ2n) is 3.32. The zero-order valence-corrected chi connectivity index (χ0v) is 8.01. The zero-order chi connectivity index (χ0) is 9.97. The van der Waals surface area contributed by atoms with Crippen molar-refractivity contribution in [2.45, 2.75) is 19.4 Å². The molecule has 0 spiro atoms. The van der Waals surface area contributed by atoms with E-state index >= 15 is 0 Å². The molecule has 1 fully saturated rings. The highest BCUT2D eigenvalue weighted by Gasteiger charge is 2.28. The summed E-state index contributed by atoms with van der Waals surface area (Å²) < 4.78 is 0. The summed E-state index contributed by atoms with van der Waals surface area (Å²) in [5.41, 5.74) is 0.432. The van der Waals surface area contributed by atoms with Crippen LogP contribution in [-0.4, -0.2) is 28.6 Å². The fraction of sp³-hybridized carbons (Fsp3) is 0.400. The summed E-state index contributed by atoms with van der Waals surface area (Å²) in [5, 5.41) is 1.41. The van der Waals surface area contributed by atoms with Gasteiger partial charge in [-0.25, -0.2) is 5.06 Å². The van der Waals surface area contributed by atoms with Crippen molar-refractivity contribution in [3.05, 3.63) is 30.1 Å². The molecule has 0 aliphatic carbocycles. The minimum absolute atomic E-state index is 0.143. The molecule has 2 rings (SSSR count). The number of carbonyl (C=O) groups is 1. The van der Waals surface area contributed by atoms with Crippen LogP contribution in [-0.2, 0) is 4.84 Å². The summed E-state index contributed by atoms with van der Waals surface area (Å²) >= 11 is 0. The number of nitrogens with zero attached hydrogens (tertiary/aromatic N) is 2. The zero-order valence-electron chi connectivity index (χ0n) is 8.01. The number of hydrogen-bond acceptors (Lipinski definition) is 3. The lowest BCUT2D eigenvalue weighted by molar-refractivity contribution is -0.0929. The molecule has 4 heteroatoms. The monoisotopic (exact) mass is 192 g/mol. The molecule has 1 saturated heterocycles. The molecule has 1 unspecified atom stereocenters. The van der Waals surface area contributed by atoms with Crippen LogP contribution in [0.1, 0.15) is 23.8 Å². The van der Waals surface area contributed by atoms with Gasteiger partial charge in [0.25, 0.3) is 5.91 Å². The highest BCUT2D eigenvalue weighted by atomic mass is 16.7. The van der Waals surface area contributed by atoms with Crippen molar-refractivity contribution < 1.29 is 9.63 Å². The fourth-order valence-electron chi connectivity index (χ4n) is 1.43. The largest absolute Gasteiger partial charge is 0.296 e. The Hall–Kier alpha value is -1.42. The molecule has 1 aromatic rings. The summed E-state index contributed by atoms with van der Waals surface area (Å²) in [6.45, 7) is 2.58. The maximum atomic E-state index is 11.8. The average Bonchev–Trinajstić information content (AvgIpc) is 2.65. The Balaban J connectivity index is 2.16. The van der Waals surface area contributed by atoms with E-state index in [0.29, 0.717) is 12.3 Å². The van der Waals surface area contributed by atoms with Crippen molar-refractivity contribution >= 4 is 5.91 Å². The summed E-state index contributed by atoms with van der Waals surface area (Å²) in [6, 6.07) is 5.41. The number of hydrogen-bond donors (Lipinski definition) is 0. The van der Waals surface area contributed by atoms with Crippen LogP contribution in [0.5, 0.6) is 0 Å². The van der Waals surface area contributed by atoms with Gasteiger partial charge in [-0.05, 0) is 25.5 Å². The van der Waals surface area contributed by atoms with Gasteiger partial charge in [-0.15, -0.1) is 0 Å². The molecular weight excluding hydrogens is 180 g/mol. The van der Waals surface area contributed by atoms with Crippen molar-refractivity contribution in [2.75, 3.05) is 6.61 Å². The normalized spacial score (nSPS) is 21.2. The molecule has 1 aliphatic heterocycles. The van der Waals surface area contributed by atoms with Crippen LogP contribution >= 0.6 is 0 Å². The number of aromatic nitrogens is 1. The topological polar surface area (TPSA) is 42.4 Å². The molecular formula is C10H12N2O2. The van der Waals surface area contributed by atoms with E-state index in [9.17, 15) is 4.79 Å². The van der Waals surface area contributed by atoms with E-state index in [1.54, 1.807) is 24.4 Å². The molecule has 1 atom stereocenters. The number of hydroxylamine groups is 2. The van der Waals surface area contributed by atoms with Crippen LogP contribution < -0.4 is 0 Å². The van der Waals surface area contributed by atoms with Gasteiger partial charge >= 0.3 is 0 Å². The van der Waals surface area contributed by atoms with E-state index in [1.165, 1.54) is 5.06 Å². The van der Waals surface area contributed by atoms with E-state index in [2.05, 4.69) is 4.98 Å². The van der Waals surface area contributed by atoms with E-state index in [-0.39, 0.29) is 11.9 Å². The van der Waals surface area contributed by atoms with E-state index in [1.807, 2.05) is 6.92 Å². The molecule has 0 bridgehead atoms. The Kier molecular flexibility index (Phi) is 2.45. The van der Waals surface area contributed by atoms with Crippen LogP contribution in [0.3, 0.4) is 0 Å². The Bertz CT molecular complexity index is 326. The van der Waals surface area contributed by atoms with E-state index < -0.39 is 0 Å². The number of pyridine rings is 1. The van der Waals surface area contributed by atoms with Crippen LogP contribution in [0.4, 0.5) is 0 Å². The van der Waals surface area contributed by atoms with Crippen molar-refractivity contribution in [1.82, 2.24) is 10.0 Å². The first-order valence-electron chi connectivity index (χ1n) is 4.66.